The van der Waals surface area contributed by atoms with Gasteiger partial charge in [-0.05, 0) is 38.1 Å². The summed E-state index contributed by atoms with van der Waals surface area (Å²) < 4.78 is 13.0. The SMILES string of the molecule is C[C@@H](C(=O)N(C)[C@@H](C)C(=O)O)N1CCN(c2ccc(F)cc2)CC1. The van der Waals surface area contributed by atoms with Gasteiger partial charge >= 0.3 is 5.97 Å². The first-order valence-electron chi connectivity index (χ1n) is 8.05. The number of benzene rings is 1. The summed E-state index contributed by atoms with van der Waals surface area (Å²) in [4.78, 5) is 28.9. The average Bonchev–Trinajstić information content (AvgIpc) is 2.60. The van der Waals surface area contributed by atoms with Crippen molar-refractivity contribution >= 4 is 17.6 Å². The maximum atomic E-state index is 13.0. The number of carbonyl (C=O) groups is 2. The van der Waals surface area contributed by atoms with Crippen LogP contribution in [0.2, 0.25) is 0 Å². The van der Waals surface area contributed by atoms with E-state index in [-0.39, 0.29) is 17.8 Å². The number of hydrogen-bond acceptors (Lipinski definition) is 4. The second-order valence-corrected chi connectivity index (χ2v) is 6.14. The van der Waals surface area contributed by atoms with E-state index in [1.54, 1.807) is 19.1 Å². The van der Waals surface area contributed by atoms with Gasteiger partial charge in [-0.3, -0.25) is 9.69 Å². The molecule has 1 heterocycles. The zero-order valence-corrected chi connectivity index (χ0v) is 14.3. The van der Waals surface area contributed by atoms with Gasteiger partial charge in [0.25, 0.3) is 0 Å². The largest absolute Gasteiger partial charge is 0.480 e. The van der Waals surface area contributed by atoms with Crippen molar-refractivity contribution in [3.05, 3.63) is 30.1 Å². The summed E-state index contributed by atoms with van der Waals surface area (Å²) in [5.74, 6) is -1.47. The number of aliphatic carboxylic acids is 1. The Bertz CT molecular complexity index is 585. The van der Waals surface area contributed by atoms with Crippen LogP contribution in [0.4, 0.5) is 10.1 Å². The Morgan fingerprint density at radius 3 is 2.17 bits per heavy atom. The molecule has 132 valence electrons. The molecule has 1 fully saturated rings. The number of likely N-dealkylation sites (N-methyl/N-ethyl adjacent to an activating group) is 1. The predicted molar refractivity (Wildman–Crippen MR) is 89.5 cm³/mol. The van der Waals surface area contributed by atoms with Crippen LogP contribution in [-0.4, -0.2) is 72.1 Å². The molecule has 1 aromatic rings. The highest BCUT2D eigenvalue weighted by molar-refractivity contribution is 5.86. The lowest BCUT2D eigenvalue weighted by molar-refractivity contribution is -0.150. The van der Waals surface area contributed by atoms with E-state index in [0.717, 1.165) is 18.8 Å². The van der Waals surface area contributed by atoms with Crippen molar-refractivity contribution in [2.24, 2.45) is 0 Å². The average molecular weight is 337 g/mol. The molecule has 0 bridgehead atoms. The van der Waals surface area contributed by atoms with Crippen molar-refractivity contribution in [3.8, 4) is 0 Å². The van der Waals surface area contributed by atoms with Crippen molar-refractivity contribution < 1.29 is 19.1 Å². The lowest BCUT2D eigenvalue weighted by atomic mass is 10.1. The Hall–Kier alpha value is -2.15. The molecule has 1 aromatic carbocycles. The first-order valence-corrected chi connectivity index (χ1v) is 8.05. The van der Waals surface area contributed by atoms with E-state index in [1.165, 1.54) is 31.0 Å². The molecular weight excluding hydrogens is 313 g/mol. The topological polar surface area (TPSA) is 64.1 Å². The van der Waals surface area contributed by atoms with Crippen LogP contribution in [0.3, 0.4) is 0 Å². The van der Waals surface area contributed by atoms with Gasteiger partial charge in [0.1, 0.15) is 11.9 Å². The van der Waals surface area contributed by atoms with Gasteiger partial charge in [-0.1, -0.05) is 0 Å². The molecule has 1 aliphatic rings. The monoisotopic (exact) mass is 337 g/mol. The summed E-state index contributed by atoms with van der Waals surface area (Å²) in [7, 11) is 1.52. The van der Waals surface area contributed by atoms with Gasteiger partial charge < -0.3 is 14.9 Å². The van der Waals surface area contributed by atoms with Crippen LogP contribution in [0.25, 0.3) is 0 Å². The first-order chi connectivity index (χ1) is 11.3. The van der Waals surface area contributed by atoms with Crippen LogP contribution < -0.4 is 4.90 Å². The minimum absolute atomic E-state index is 0.194. The second kappa shape index (κ2) is 7.61. The fraction of sp³-hybridized carbons (Fsp3) is 0.529. The molecule has 0 unspecified atom stereocenters. The summed E-state index contributed by atoms with van der Waals surface area (Å²) in [6.07, 6.45) is 0. The lowest BCUT2D eigenvalue weighted by Crippen LogP contribution is -2.55. The van der Waals surface area contributed by atoms with Crippen molar-refractivity contribution in [3.63, 3.8) is 0 Å². The molecule has 0 spiro atoms. The lowest BCUT2D eigenvalue weighted by Gasteiger charge is -2.39. The minimum Gasteiger partial charge on any atom is -0.480 e. The number of halogens is 1. The second-order valence-electron chi connectivity index (χ2n) is 6.14. The van der Waals surface area contributed by atoms with E-state index in [9.17, 15) is 14.0 Å². The Balaban J connectivity index is 1.92. The van der Waals surface area contributed by atoms with Crippen molar-refractivity contribution in [2.45, 2.75) is 25.9 Å². The molecule has 1 N–H and O–H groups in total. The number of hydrogen-bond donors (Lipinski definition) is 1. The van der Waals surface area contributed by atoms with Crippen molar-refractivity contribution in [1.82, 2.24) is 9.80 Å². The zero-order chi connectivity index (χ0) is 17.9. The van der Waals surface area contributed by atoms with E-state index in [4.69, 9.17) is 5.11 Å². The van der Waals surface area contributed by atoms with E-state index in [1.807, 2.05) is 4.90 Å². The molecule has 1 aliphatic heterocycles. The summed E-state index contributed by atoms with van der Waals surface area (Å²) >= 11 is 0. The van der Waals surface area contributed by atoms with Crippen LogP contribution in [-0.2, 0) is 9.59 Å². The van der Waals surface area contributed by atoms with Gasteiger partial charge in [0.2, 0.25) is 5.91 Å². The molecule has 1 saturated heterocycles. The third kappa shape index (κ3) is 4.03. The fourth-order valence-electron chi connectivity index (χ4n) is 2.83. The van der Waals surface area contributed by atoms with Crippen molar-refractivity contribution in [1.29, 1.82) is 0 Å². The Kier molecular flexibility index (Phi) is 5.77. The number of carboxylic acid groups (broad SMARTS) is 1. The molecule has 1 amide bonds. The molecule has 0 radical (unpaired) electrons. The quantitative estimate of drug-likeness (QED) is 0.877. The number of anilines is 1. The highest BCUT2D eigenvalue weighted by atomic mass is 19.1. The Morgan fingerprint density at radius 1 is 1.12 bits per heavy atom. The molecular formula is C17H24FN3O3. The third-order valence-corrected chi connectivity index (χ3v) is 4.70. The van der Waals surface area contributed by atoms with Crippen LogP contribution in [0.1, 0.15) is 13.8 Å². The highest BCUT2D eigenvalue weighted by Crippen LogP contribution is 2.18. The van der Waals surface area contributed by atoms with Gasteiger partial charge in [-0.25, -0.2) is 9.18 Å². The third-order valence-electron chi connectivity index (χ3n) is 4.70. The number of rotatable bonds is 5. The number of amides is 1. The molecule has 0 saturated carbocycles. The molecule has 24 heavy (non-hydrogen) atoms. The van der Waals surface area contributed by atoms with Gasteiger partial charge in [0.05, 0.1) is 6.04 Å². The van der Waals surface area contributed by atoms with E-state index < -0.39 is 12.0 Å². The van der Waals surface area contributed by atoms with Crippen LogP contribution >= 0.6 is 0 Å². The first kappa shape index (κ1) is 18.2. The van der Waals surface area contributed by atoms with Gasteiger partial charge in [0.15, 0.2) is 0 Å². The van der Waals surface area contributed by atoms with Crippen LogP contribution in [0, 0.1) is 5.82 Å². The molecule has 6 nitrogen and oxygen atoms in total. The minimum atomic E-state index is -1.01. The number of piperazine rings is 1. The summed E-state index contributed by atoms with van der Waals surface area (Å²) in [6, 6.07) is 5.17. The maximum absolute atomic E-state index is 13.0. The summed E-state index contributed by atoms with van der Waals surface area (Å²) in [5, 5.41) is 9.03. The van der Waals surface area contributed by atoms with Gasteiger partial charge in [-0.15, -0.1) is 0 Å². The van der Waals surface area contributed by atoms with Gasteiger partial charge in [0, 0.05) is 38.9 Å². The molecule has 0 aromatic heterocycles. The van der Waals surface area contributed by atoms with Crippen molar-refractivity contribution in [2.75, 3.05) is 38.1 Å². The predicted octanol–water partition coefficient (Wildman–Crippen LogP) is 1.27. The number of nitrogens with zero attached hydrogens (tertiary/aromatic N) is 3. The molecule has 0 aliphatic carbocycles. The Labute approximate surface area is 141 Å². The van der Waals surface area contributed by atoms with Crippen LogP contribution in [0.5, 0.6) is 0 Å². The van der Waals surface area contributed by atoms with Crippen LogP contribution in [0.15, 0.2) is 24.3 Å². The standard InChI is InChI=1S/C17H24FN3O3/c1-12(16(22)19(3)13(2)17(23)24)20-8-10-21(11-9-20)15-6-4-14(18)5-7-15/h4-7,12-13H,8-11H2,1-3H3,(H,23,24)/t12-,13-/m0/s1. The molecule has 2 atom stereocenters. The smallest absolute Gasteiger partial charge is 0.326 e. The summed E-state index contributed by atoms with van der Waals surface area (Å²) in [5.41, 5.74) is 0.964. The Morgan fingerprint density at radius 2 is 1.67 bits per heavy atom. The van der Waals surface area contributed by atoms with E-state index >= 15 is 0 Å². The molecule has 2 rings (SSSR count). The zero-order valence-electron chi connectivity index (χ0n) is 14.3. The summed E-state index contributed by atoms with van der Waals surface area (Å²) in [6.45, 7) is 6.17. The maximum Gasteiger partial charge on any atom is 0.326 e. The molecule has 7 heteroatoms. The van der Waals surface area contributed by atoms with Gasteiger partial charge in [-0.2, -0.15) is 0 Å². The normalized spacial score (nSPS) is 18.1. The fourth-order valence-corrected chi connectivity index (χ4v) is 2.83. The number of carboxylic acids is 1. The highest BCUT2D eigenvalue weighted by Gasteiger charge is 2.31. The van der Waals surface area contributed by atoms with E-state index in [2.05, 4.69) is 4.90 Å². The number of carbonyl (C=O) groups excluding carboxylic acids is 1. The van der Waals surface area contributed by atoms with E-state index in [0.29, 0.717) is 13.1 Å².